The average Bonchev–Trinajstić information content (AvgIpc) is 2.13. The lowest BCUT2D eigenvalue weighted by Gasteiger charge is -2.42. The molecule has 1 aliphatic rings. The van der Waals surface area contributed by atoms with Crippen molar-refractivity contribution in [1.82, 2.24) is 0 Å². The quantitative estimate of drug-likeness (QED) is 0.857. The van der Waals surface area contributed by atoms with Crippen LogP contribution in [-0.2, 0) is 5.54 Å². The second-order valence-electron chi connectivity index (χ2n) is 5.52. The van der Waals surface area contributed by atoms with Gasteiger partial charge in [-0.15, -0.1) is 0 Å². The molecule has 1 aromatic carbocycles. The lowest BCUT2D eigenvalue weighted by molar-refractivity contribution is 0.0485. The maximum Gasteiger partial charge on any atom is 0.128 e. The summed E-state index contributed by atoms with van der Waals surface area (Å²) in [7, 11) is 0. The second-order valence-corrected chi connectivity index (χ2v) is 5.52. The molecule has 1 aliphatic heterocycles. The molecular formula is C14H21NO2. The average molecular weight is 235 g/mol. The standard InChI is InChI=1S/C14H21NO2/c1-5-16-10-7-6-8-11-12(10)14(4,15)9-13(2,3)17-11/h6-8H,5,9,15H2,1-4H3. The maximum absolute atomic E-state index is 6.44. The molecule has 3 nitrogen and oxygen atoms in total. The molecule has 0 bridgehead atoms. The minimum absolute atomic E-state index is 0.235. The summed E-state index contributed by atoms with van der Waals surface area (Å²) in [6.45, 7) is 8.78. The van der Waals surface area contributed by atoms with Crippen LogP contribution >= 0.6 is 0 Å². The number of fused-ring (bicyclic) bond motifs is 1. The van der Waals surface area contributed by atoms with Gasteiger partial charge in [-0.2, -0.15) is 0 Å². The summed E-state index contributed by atoms with van der Waals surface area (Å²) < 4.78 is 11.6. The van der Waals surface area contributed by atoms with E-state index < -0.39 is 5.54 Å². The summed E-state index contributed by atoms with van der Waals surface area (Å²) in [5, 5.41) is 0. The van der Waals surface area contributed by atoms with E-state index in [-0.39, 0.29) is 5.60 Å². The Hall–Kier alpha value is -1.22. The van der Waals surface area contributed by atoms with Gasteiger partial charge >= 0.3 is 0 Å². The van der Waals surface area contributed by atoms with E-state index in [9.17, 15) is 0 Å². The zero-order valence-electron chi connectivity index (χ0n) is 11.0. The Balaban J connectivity index is 2.54. The van der Waals surface area contributed by atoms with Gasteiger partial charge in [0, 0.05) is 12.0 Å². The van der Waals surface area contributed by atoms with Crippen molar-refractivity contribution < 1.29 is 9.47 Å². The number of rotatable bonds is 2. The Morgan fingerprint density at radius 1 is 1.35 bits per heavy atom. The van der Waals surface area contributed by atoms with Crippen molar-refractivity contribution in [1.29, 1.82) is 0 Å². The van der Waals surface area contributed by atoms with E-state index in [1.165, 1.54) is 0 Å². The van der Waals surface area contributed by atoms with Gasteiger partial charge in [0.15, 0.2) is 0 Å². The van der Waals surface area contributed by atoms with Crippen LogP contribution in [0.2, 0.25) is 0 Å². The van der Waals surface area contributed by atoms with Crippen LogP contribution in [-0.4, -0.2) is 12.2 Å². The lowest BCUT2D eigenvalue weighted by Crippen LogP contribution is -2.47. The molecule has 0 radical (unpaired) electrons. The van der Waals surface area contributed by atoms with Gasteiger partial charge in [-0.05, 0) is 39.8 Å². The first-order valence-electron chi connectivity index (χ1n) is 6.10. The van der Waals surface area contributed by atoms with E-state index in [2.05, 4.69) is 13.8 Å². The molecule has 3 heteroatoms. The summed E-state index contributed by atoms with van der Waals surface area (Å²) >= 11 is 0. The molecule has 1 unspecified atom stereocenters. The minimum atomic E-state index is -0.414. The van der Waals surface area contributed by atoms with Crippen LogP contribution in [0.3, 0.4) is 0 Å². The number of ether oxygens (including phenoxy) is 2. The van der Waals surface area contributed by atoms with Crippen LogP contribution in [0.25, 0.3) is 0 Å². The van der Waals surface area contributed by atoms with Gasteiger partial charge in [0.05, 0.1) is 12.2 Å². The summed E-state index contributed by atoms with van der Waals surface area (Å²) in [6, 6.07) is 5.86. The molecule has 94 valence electrons. The third-order valence-corrected chi connectivity index (χ3v) is 3.04. The first-order valence-corrected chi connectivity index (χ1v) is 6.10. The van der Waals surface area contributed by atoms with Gasteiger partial charge in [-0.3, -0.25) is 0 Å². The Morgan fingerprint density at radius 2 is 2.06 bits per heavy atom. The van der Waals surface area contributed by atoms with Crippen LogP contribution in [0.15, 0.2) is 18.2 Å². The first kappa shape index (κ1) is 12.2. The van der Waals surface area contributed by atoms with Gasteiger partial charge in [0.25, 0.3) is 0 Å². The van der Waals surface area contributed by atoms with Gasteiger partial charge in [0.2, 0.25) is 0 Å². The highest BCUT2D eigenvalue weighted by atomic mass is 16.5. The fourth-order valence-corrected chi connectivity index (χ4v) is 2.74. The zero-order valence-corrected chi connectivity index (χ0v) is 11.0. The van der Waals surface area contributed by atoms with Crippen molar-refractivity contribution in [2.45, 2.75) is 45.3 Å². The summed E-state index contributed by atoms with van der Waals surface area (Å²) in [5.74, 6) is 1.68. The highest BCUT2D eigenvalue weighted by Gasteiger charge is 2.41. The number of benzene rings is 1. The smallest absolute Gasteiger partial charge is 0.128 e. The van der Waals surface area contributed by atoms with Crippen molar-refractivity contribution in [2.75, 3.05) is 6.61 Å². The molecular weight excluding hydrogens is 214 g/mol. The minimum Gasteiger partial charge on any atom is -0.493 e. The van der Waals surface area contributed by atoms with Crippen molar-refractivity contribution >= 4 is 0 Å². The highest BCUT2D eigenvalue weighted by molar-refractivity contribution is 5.51. The zero-order chi connectivity index (χ0) is 12.7. The maximum atomic E-state index is 6.44. The van der Waals surface area contributed by atoms with E-state index in [4.69, 9.17) is 15.2 Å². The SMILES string of the molecule is CCOc1cccc2c1C(C)(N)CC(C)(C)O2. The Morgan fingerprint density at radius 3 is 2.71 bits per heavy atom. The molecule has 0 spiro atoms. The topological polar surface area (TPSA) is 44.5 Å². The summed E-state index contributed by atoms with van der Waals surface area (Å²) in [5.41, 5.74) is 6.77. The second kappa shape index (κ2) is 3.91. The van der Waals surface area contributed by atoms with E-state index in [0.29, 0.717) is 6.61 Å². The molecule has 17 heavy (non-hydrogen) atoms. The van der Waals surface area contributed by atoms with E-state index >= 15 is 0 Å². The summed E-state index contributed by atoms with van der Waals surface area (Å²) in [6.07, 6.45) is 0.775. The fourth-order valence-electron chi connectivity index (χ4n) is 2.74. The van der Waals surface area contributed by atoms with Crippen molar-refractivity contribution in [2.24, 2.45) is 5.73 Å². The van der Waals surface area contributed by atoms with Gasteiger partial charge in [-0.1, -0.05) is 6.07 Å². The molecule has 2 rings (SSSR count). The van der Waals surface area contributed by atoms with Crippen LogP contribution in [0.5, 0.6) is 11.5 Å². The molecule has 0 saturated heterocycles. The van der Waals surface area contributed by atoms with Crippen molar-refractivity contribution in [3.8, 4) is 11.5 Å². The highest BCUT2D eigenvalue weighted by Crippen LogP contribution is 2.46. The van der Waals surface area contributed by atoms with E-state index in [1.807, 2.05) is 32.0 Å². The van der Waals surface area contributed by atoms with Crippen LogP contribution in [0.1, 0.15) is 39.7 Å². The molecule has 0 saturated carbocycles. The van der Waals surface area contributed by atoms with Crippen LogP contribution in [0.4, 0.5) is 0 Å². The molecule has 0 aromatic heterocycles. The first-order chi connectivity index (χ1) is 7.86. The molecule has 1 aromatic rings. The third-order valence-electron chi connectivity index (χ3n) is 3.04. The van der Waals surface area contributed by atoms with Crippen LogP contribution < -0.4 is 15.2 Å². The monoisotopic (exact) mass is 235 g/mol. The normalized spacial score (nSPS) is 25.9. The van der Waals surface area contributed by atoms with Crippen LogP contribution in [0, 0.1) is 0 Å². The van der Waals surface area contributed by atoms with Gasteiger partial charge in [-0.25, -0.2) is 0 Å². The number of hydrogen-bond donors (Lipinski definition) is 1. The third kappa shape index (κ3) is 2.25. The number of hydrogen-bond acceptors (Lipinski definition) is 3. The molecule has 0 fully saturated rings. The Kier molecular flexibility index (Phi) is 2.82. The van der Waals surface area contributed by atoms with Crippen molar-refractivity contribution in [3.63, 3.8) is 0 Å². The van der Waals surface area contributed by atoms with E-state index in [1.54, 1.807) is 0 Å². The Bertz CT molecular complexity index is 424. The van der Waals surface area contributed by atoms with Gasteiger partial charge < -0.3 is 15.2 Å². The molecule has 1 heterocycles. The molecule has 0 aliphatic carbocycles. The van der Waals surface area contributed by atoms with E-state index in [0.717, 1.165) is 23.5 Å². The molecule has 1 atom stereocenters. The molecule has 0 amide bonds. The predicted octanol–water partition coefficient (Wildman–Crippen LogP) is 2.82. The Labute approximate surface area is 103 Å². The van der Waals surface area contributed by atoms with Gasteiger partial charge in [0.1, 0.15) is 17.1 Å². The largest absolute Gasteiger partial charge is 0.493 e. The lowest BCUT2D eigenvalue weighted by atomic mass is 9.79. The predicted molar refractivity (Wildman–Crippen MR) is 68.5 cm³/mol. The molecule has 2 N–H and O–H groups in total. The number of nitrogens with two attached hydrogens (primary N) is 1. The summed E-state index contributed by atoms with van der Waals surface area (Å²) in [4.78, 5) is 0. The fraction of sp³-hybridized carbons (Fsp3) is 0.571. The van der Waals surface area contributed by atoms with Crippen molar-refractivity contribution in [3.05, 3.63) is 23.8 Å².